The molecule has 0 spiro atoms. The van der Waals surface area contributed by atoms with Gasteiger partial charge in [0.05, 0.1) is 5.83 Å². The summed E-state index contributed by atoms with van der Waals surface area (Å²) in [6.07, 6.45) is -5.40. The summed E-state index contributed by atoms with van der Waals surface area (Å²) in [5.74, 6) is -2.84. The minimum absolute atomic E-state index is 0. The number of hydrogen-bond donors (Lipinski definition) is 0. The number of hydrogen-bond acceptors (Lipinski definition) is 0. The number of alkyl halides is 3. The zero-order valence-corrected chi connectivity index (χ0v) is 10.2. The number of halogens is 5. The van der Waals surface area contributed by atoms with Gasteiger partial charge in [-0.2, -0.15) is 31.4 Å². The van der Waals surface area contributed by atoms with Crippen molar-refractivity contribution in [2.24, 2.45) is 0 Å². The molecule has 0 bridgehead atoms. The van der Waals surface area contributed by atoms with Gasteiger partial charge in [0, 0.05) is 0 Å². The van der Waals surface area contributed by atoms with Crippen LogP contribution < -0.4 is 0 Å². The molecule has 1 rings (SSSR count). The van der Waals surface area contributed by atoms with E-state index in [-0.39, 0.29) is 25.8 Å². The zero-order valence-electron chi connectivity index (χ0n) is 8.45. The molecule has 96 valence electrons. The topological polar surface area (TPSA) is 39.8 Å². The summed E-state index contributed by atoms with van der Waals surface area (Å²) in [6.45, 7) is 9.00. The first-order valence-corrected chi connectivity index (χ1v) is 3.52. The molecular weight excluding hydrogens is 348 g/mol. The summed E-state index contributed by atoms with van der Waals surface area (Å²) < 4.78 is 68.6. The van der Waals surface area contributed by atoms with Crippen LogP contribution >= 0.6 is 0 Å². The van der Waals surface area contributed by atoms with Gasteiger partial charge in [0.25, 0.3) is 0 Å². The van der Waals surface area contributed by atoms with Crippen molar-refractivity contribution in [3.63, 3.8) is 0 Å². The van der Waals surface area contributed by atoms with Gasteiger partial charge in [0.15, 0.2) is 0 Å². The smallest absolute Gasteiger partial charge is 0.214 e. The Morgan fingerprint density at radius 3 is 1.44 bits per heavy atom. The van der Waals surface area contributed by atoms with Crippen LogP contribution in [0, 0.1) is 19.6 Å². The Balaban J connectivity index is -0.0000000847. The molecule has 18 heavy (non-hydrogen) atoms. The summed E-state index contributed by atoms with van der Waals surface area (Å²) in [6, 6.07) is 10.0. The molecule has 0 aromatic heterocycles. The third-order valence-corrected chi connectivity index (χ3v) is 0.887. The van der Waals surface area contributed by atoms with E-state index in [1.165, 1.54) is 0 Å². The van der Waals surface area contributed by atoms with Crippen LogP contribution in [-0.4, -0.2) is 6.18 Å². The van der Waals surface area contributed by atoms with Gasteiger partial charge in [-0.05, 0) is 0 Å². The maximum atomic E-state index is 10.9. The standard InChI is InChI=1S/C5H5.C3F5.2CO.Ru/c1-2-4-5-3-1;4-1-2(5)3(6,7)8;2*1-2;/h1-5H;;;;/q2*-1;;;+6. The molecule has 1 aromatic carbocycles. The molecule has 0 aliphatic rings. The van der Waals surface area contributed by atoms with Crippen LogP contribution in [0.5, 0.6) is 0 Å². The molecule has 0 aliphatic carbocycles. The van der Waals surface area contributed by atoms with Crippen LogP contribution in [0.2, 0.25) is 0 Å². The fraction of sp³-hybridized carbons (Fsp3) is 0.100. The van der Waals surface area contributed by atoms with Crippen molar-refractivity contribution in [2.75, 3.05) is 0 Å². The Morgan fingerprint density at radius 1 is 1.06 bits per heavy atom. The van der Waals surface area contributed by atoms with E-state index in [0.29, 0.717) is 0 Å². The second-order valence-electron chi connectivity index (χ2n) is 1.87. The molecular formula is C10H5F5O2Ru+4. The summed E-state index contributed by atoms with van der Waals surface area (Å²) >= 11 is 0. The van der Waals surface area contributed by atoms with Crippen LogP contribution in [0.4, 0.5) is 22.0 Å². The first-order chi connectivity index (χ1) is 7.98. The van der Waals surface area contributed by atoms with Crippen molar-refractivity contribution in [3.8, 4) is 0 Å². The van der Waals surface area contributed by atoms with Gasteiger partial charge in [-0.25, -0.2) is 16.5 Å². The Labute approximate surface area is 113 Å². The SMILES string of the molecule is F[C-]=C(F)C(F)(F)F.[C-]#[O+].[C-]#[O+].[Ru+6].c1cc[cH-]c1. The Bertz CT molecular complexity index is 291. The number of rotatable bonds is 0. The average Bonchev–Trinajstić information content (AvgIpc) is 2.91. The molecule has 0 saturated heterocycles. The van der Waals surface area contributed by atoms with Gasteiger partial charge in [-0.3, -0.25) is 6.33 Å². The summed E-state index contributed by atoms with van der Waals surface area (Å²) in [5, 5.41) is 0. The van der Waals surface area contributed by atoms with Crippen molar-refractivity contribution in [1.29, 1.82) is 0 Å². The van der Waals surface area contributed by atoms with Gasteiger partial charge < -0.3 is 4.39 Å². The molecule has 0 amide bonds. The molecule has 0 aliphatic heterocycles. The molecule has 0 fully saturated rings. The summed E-state index contributed by atoms with van der Waals surface area (Å²) in [4.78, 5) is 0. The summed E-state index contributed by atoms with van der Waals surface area (Å²) in [7, 11) is 0. The first kappa shape index (κ1) is 25.6. The second-order valence-corrected chi connectivity index (χ2v) is 1.87. The van der Waals surface area contributed by atoms with Crippen LogP contribution in [0.1, 0.15) is 0 Å². The zero-order chi connectivity index (χ0) is 14.3. The molecule has 8 heteroatoms. The molecule has 0 radical (unpaired) electrons. The predicted molar refractivity (Wildman–Crippen MR) is 44.9 cm³/mol. The van der Waals surface area contributed by atoms with E-state index in [4.69, 9.17) is 9.30 Å². The Morgan fingerprint density at radius 2 is 1.39 bits per heavy atom. The van der Waals surface area contributed by atoms with E-state index >= 15 is 0 Å². The second kappa shape index (κ2) is 18.2. The van der Waals surface area contributed by atoms with Crippen molar-refractivity contribution in [2.45, 2.75) is 6.18 Å². The van der Waals surface area contributed by atoms with Gasteiger partial charge in [-0.15, -0.1) is 0 Å². The van der Waals surface area contributed by atoms with Crippen molar-refractivity contribution >= 4 is 0 Å². The largest absolute Gasteiger partial charge is 6.00 e. The predicted octanol–water partition coefficient (Wildman–Crippen LogP) is 3.46. The van der Waals surface area contributed by atoms with E-state index in [1.54, 1.807) is 0 Å². The van der Waals surface area contributed by atoms with Crippen LogP contribution in [0.25, 0.3) is 0 Å². The van der Waals surface area contributed by atoms with Gasteiger partial charge in [-0.1, -0.05) is 0 Å². The van der Waals surface area contributed by atoms with Crippen LogP contribution in [0.15, 0.2) is 36.2 Å². The molecule has 1 aromatic rings. The normalized spacial score (nSPS) is 8.83. The van der Waals surface area contributed by atoms with Crippen LogP contribution in [0.3, 0.4) is 0 Å². The van der Waals surface area contributed by atoms with Crippen molar-refractivity contribution in [1.82, 2.24) is 0 Å². The maximum absolute atomic E-state index is 10.9. The fourth-order valence-electron chi connectivity index (χ4n) is 0.374. The van der Waals surface area contributed by atoms with Gasteiger partial charge in [0.2, 0.25) is 0 Å². The molecule has 0 heterocycles. The van der Waals surface area contributed by atoms with E-state index in [1.807, 2.05) is 30.3 Å². The van der Waals surface area contributed by atoms with E-state index < -0.39 is 12.0 Å². The Hall–Kier alpha value is -1.16. The fourth-order valence-corrected chi connectivity index (χ4v) is 0.374. The third-order valence-electron chi connectivity index (χ3n) is 0.887. The minimum Gasteiger partial charge on any atom is -0.214 e. The van der Waals surface area contributed by atoms with Gasteiger partial charge in [0.1, 0.15) is 0 Å². The number of allylic oxidation sites excluding steroid dienone is 1. The third kappa shape index (κ3) is 20.3. The average molecular weight is 353 g/mol. The van der Waals surface area contributed by atoms with Crippen molar-refractivity contribution in [3.05, 3.63) is 55.8 Å². The van der Waals surface area contributed by atoms with E-state index in [2.05, 4.69) is 13.3 Å². The molecule has 0 atom stereocenters. The van der Waals surface area contributed by atoms with Crippen molar-refractivity contribution < 1.29 is 50.7 Å². The quantitative estimate of drug-likeness (QED) is 0.297. The maximum Gasteiger partial charge on any atom is 6.00 e. The monoisotopic (exact) mass is 354 g/mol. The Kier molecular flexibility index (Phi) is 25.9. The van der Waals surface area contributed by atoms with E-state index in [0.717, 1.165) is 0 Å². The molecule has 0 saturated carbocycles. The van der Waals surface area contributed by atoms with Gasteiger partial charge >= 0.3 is 48.3 Å². The summed E-state index contributed by atoms with van der Waals surface area (Å²) in [5.41, 5.74) is 0. The van der Waals surface area contributed by atoms with E-state index in [9.17, 15) is 22.0 Å². The van der Waals surface area contributed by atoms with Crippen LogP contribution in [-0.2, 0) is 28.8 Å². The minimum atomic E-state index is -5.23. The first-order valence-electron chi connectivity index (χ1n) is 3.52. The molecule has 2 nitrogen and oxygen atoms in total. The molecule has 0 N–H and O–H groups in total. The molecule has 0 unspecified atom stereocenters.